The normalized spacial score (nSPS) is 14.6. The summed E-state index contributed by atoms with van der Waals surface area (Å²) in [5.41, 5.74) is 5.52. The highest BCUT2D eigenvalue weighted by atomic mass is 32.2. The quantitative estimate of drug-likeness (QED) is 0.778. The zero-order chi connectivity index (χ0) is 14.8. The molecule has 2 aromatic heterocycles. The third-order valence-electron chi connectivity index (χ3n) is 2.92. The van der Waals surface area contributed by atoms with Crippen LogP contribution in [0.25, 0.3) is 5.65 Å². The van der Waals surface area contributed by atoms with Crippen molar-refractivity contribution in [1.82, 2.24) is 19.9 Å². The fourth-order valence-corrected chi connectivity index (χ4v) is 2.98. The van der Waals surface area contributed by atoms with Gasteiger partial charge in [-0.2, -0.15) is 0 Å². The molecule has 0 aliphatic carbocycles. The number of primary amides is 1. The molecule has 0 aromatic carbocycles. The summed E-state index contributed by atoms with van der Waals surface area (Å²) in [7, 11) is 0. The number of nitrogens with zero attached hydrogens (tertiary/aromatic N) is 3. The van der Waals surface area contributed by atoms with E-state index in [1.54, 1.807) is 0 Å². The van der Waals surface area contributed by atoms with Crippen molar-refractivity contribution in [2.75, 3.05) is 5.75 Å². The number of fused-ring (bicyclic) bond motifs is 1. The van der Waals surface area contributed by atoms with E-state index in [1.807, 2.05) is 49.6 Å². The van der Waals surface area contributed by atoms with Crippen LogP contribution in [0.1, 0.15) is 20.8 Å². The molecule has 0 saturated heterocycles. The lowest BCUT2D eigenvalue weighted by Crippen LogP contribution is -2.57. The first kappa shape index (κ1) is 14.8. The van der Waals surface area contributed by atoms with Gasteiger partial charge in [0.25, 0.3) is 0 Å². The Morgan fingerprint density at radius 1 is 1.50 bits per heavy atom. The van der Waals surface area contributed by atoms with Gasteiger partial charge in [0.05, 0.1) is 0 Å². The lowest BCUT2D eigenvalue weighted by Gasteiger charge is -2.29. The van der Waals surface area contributed by atoms with Crippen LogP contribution in [0.2, 0.25) is 0 Å². The average Bonchev–Trinajstić information content (AvgIpc) is 2.78. The zero-order valence-electron chi connectivity index (χ0n) is 11.8. The molecule has 3 N–H and O–H groups in total. The van der Waals surface area contributed by atoms with E-state index in [-0.39, 0.29) is 11.9 Å². The molecule has 0 aliphatic heterocycles. The Morgan fingerprint density at radius 3 is 2.90 bits per heavy atom. The number of carbonyl (C=O) groups is 1. The molecule has 0 bridgehead atoms. The van der Waals surface area contributed by atoms with Crippen molar-refractivity contribution in [1.29, 1.82) is 0 Å². The second-order valence-corrected chi connectivity index (χ2v) is 6.14. The molecule has 1 amide bonds. The molecule has 0 radical (unpaired) electrons. The number of hydrogen-bond donors (Lipinski definition) is 2. The van der Waals surface area contributed by atoms with Gasteiger partial charge in [-0.1, -0.05) is 17.8 Å². The van der Waals surface area contributed by atoms with Crippen molar-refractivity contribution in [3.63, 3.8) is 0 Å². The van der Waals surface area contributed by atoms with E-state index < -0.39 is 5.54 Å². The molecule has 2 rings (SSSR count). The Kier molecular flexibility index (Phi) is 4.29. The third kappa shape index (κ3) is 3.10. The predicted molar refractivity (Wildman–Crippen MR) is 79.6 cm³/mol. The van der Waals surface area contributed by atoms with Crippen LogP contribution in [0.15, 0.2) is 29.6 Å². The second-order valence-electron chi connectivity index (χ2n) is 5.20. The third-order valence-corrected chi connectivity index (χ3v) is 4.18. The van der Waals surface area contributed by atoms with E-state index >= 15 is 0 Å². The maximum atomic E-state index is 11.7. The fraction of sp³-hybridized carbons (Fsp3) is 0.462. The minimum absolute atomic E-state index is 0.170. The summed E-state index contributed by atoms with van der Waals surface area (Å²) >= 11 is 1.46. The Hall–Kier alpha value is -1.60. The molecule has 6 nitrogen and oxygen atoms in total. The molecule has 1 unspecified atom stereocenters. The Bertz CT molecular complexity index is 612. The van der Waals surface area contributed by atoms with Gasteiger partial charge >= 0.3 is 0 Å². The molecule has 7 heteroatoms. The number of aromatic nitrogens is 3. The summed E-state index contributed by atoms with van der Waals surface area (Å²) in [6.45, 7) is 5.78. The summed E-state index contributed by atoms with van der Waals surface area (Å²) in [4.78, 5) is 11.7. The molecule has 2 aromatic rings. The monoisotopic (exact) mass is 293 g/mol. The zero-order valence-corrected chi connectivity index (χ0v) is 12.6. The molecule has 1 atom stereocenters. The van der Waals surface area contributed by atoms with Gasteiger partial charge in [0.1, 0.15) is 5.54 Å². The summed E-state index contributed by atoms with van der Waals surface area (Å²) in [5.74, 6) is 0.128. The largest absolute Gasteiger partial charge is 0.368 e. The topological polar surface area (TPSA) is 85.3 Å². The highest BCUT2D eigenvalue weighted by Gasteiger charge is 2.32. The lowest BCUT2D eigenvalue weighted by atomic mass is 10.0. The first-order valence-corrected chi connectivity index (χ1v) is 7.41. The van der Waals surface area contributed by atoms with Crippen molar-refractivity contribution in [3.05, 3.63) is 24.4 Å². The van der Waals surface area contributed by atoms with Crippen LogP contribution in [0.3, 0.4) is 0 Å². The summed E-state index contributed by atoms with van der Waals surface area (Å²) in [5, 5.41) is 12.2. The number of rotatable bonds is 6. The van der Waals surface area contributed by atoms with E-state index in [0.717, 1.165) is 10.8 Å². The number of carbonyl (C=O) groups excluding carboxylic acids is 1. The average molecular weight is 293 g/mol. The van der Waals surface area contributed by atoms with Crippen LogP contribution in [0, 0.1) is 0 Å². The smallest absolute Gasteiger partial charge is 0.238 e. The van der Waals surface area contributed by atoms with E-state index in [9.17, 15) is 4.79 Å². The number of nitrogens with one attached hydrogen (secondary N) is 1. The standard InChI is InChI=1S/C13H19N5OS/c1-9(2)15-13(3,11(14)19)8-20-12-17-16-10-6-4-5-7-18(10)12/h4-7,9,15H,8H2,1-3H3,(H2,14,19). The Labute approximate surface area is 122 Å². The summed E-state index contributed by atoms with van der Waals surface area (Å²) in [6, 6.07) is 5.88. The van der Waals surface area contributed by atoms with E-state index in [4.69, 9.17) is 5.73 Å². The van der Waals surface area contributed by atoms with Crippen LogP contribution < -0.4 is 11.1 Å². The number of amides is 1. The first-order chi connectivity index (χ1) is 9.42. The van der Waals surface area contributed by atoms with Gasteiger partial charge in [-0.05, 0) is 32.9 Å². The SMILES string of the molecule is CC(C)NC(C)(CSc1nnc2ccccn12)C(N)=O. The molecule has 0 saturated carbocycles. The number of nitrogens with two attached hydrogens (primary N) is 1. The maximum absolute atomic E-state index is 11.7. The van der Waals surface area contributed by atoms with Gasteiger partial charge in [-0.15, -0.1) is 10.2 Å². The molecule has 108 valence electrons. The molecule has 0 fully saturated rings. The van der Waals surface area contributed by atoms with Gasteiger partial charge in [0.15, 0.2) is 10.8 Å². The van der Waals surface area contributed by atoms with Crippen LogP contribution in [-0.4, -0.2) is 37.8 Å². The number of pyridine rings is 1. The van der Waals surface area contributed by atoms with Crippen LogP contribution in [-0.2, 0) is 4.79 Å². The van der Waals surface area contributed by atoms with Gasteiger partial charge in [-0.25, -0.2) is 0 Å². The molecular weight excluding hydrogens is 274 g/mol. The number of thioether (sulfide) groups is 1. The van der Waals surface area contributed by atoms with Crippen molar-refractivity contribution >= 4 is 23.3 Å². The van der Waals surface area contributed by atoms with E-state index in [1.165, 1.54) is 11.8 Å². The van der Waals surface area contributed by atoms with Gasteiger partial charge in [0, 0.05) is 18.0 Å². The molecule has 20 heavy (non-hydrogen) atoms. The van der Waals surface area contributed by atoms with Gasteiger partial charge in [0.2, 0.25) is 5.91 Å². The minimum Gasteiger partial charge on any atom is -0.368 e. The molecule has 0 aliphatic rings. The number of hydrogen-bond acceptors (Lipinski definition) is 5. The highest BCUT2D eigenvalue weighted by molar-refractivity contribution is 7.99. The van der Waals surface area contributed by atoms with Gasteiger partial charge in [-0.3, -0.25) is 9.20 Å². The van der Waals surface area contributed by atoms with Gasteiger partial charge < -0.3 is 11.1 Å². The van der Waals surface area contributed by atoms with Crippen LogP contribution in [0.5, 0.6) is 0 Å². The Balaban J connectivity index is 2.15. The van der Waals surface area contributed by atoms with Crippen LogP contribution >= 0.6 is 11.8 Å². The Morgan fingerprint density at radius 2 is 2.25 bits per heavy atom. The highest BCUT2D eigenvalue weighted by Crippen LogP contribution is 2.22. The van der Waals surface area contributed by atoms with Crippen molar-refractivity contribution < 1.29 is 4.79 Å². The van der Waals surface area contributed by atoms with Crippen molar-refractivity contribution in [3.8, 4) is 0 Å². The second kappa shape index (κ2) is 5.80. The van der Waals surface area contributed by atoms with Crippen molar-refractivity contribution in [2.24, 2.45) is 5.73 Å². The van der Waals surface area contributed by atoms with E-state index in [2.05, 4.69) is 15.5 Å². The first-order valence-electron chi connectivity index (χ1n) is 6.42. The minimum atomic E-state index is -0.778. The van der Waals surface area contributed by atoms with Crippen LogP contribution in [0.4, 0.5) is 0 Å². The summed E-state index contributed by atoms with van der Waals surface area (Å²) in [6.07, 6.45) is 1.90. The molecule has 0 spiro atoms. The molecule has 2 heterocycles. The lowest BCUT2D eigenvalue weighted by molar-refractivity contribution is -0.123. The van der Waals surface area contributed by atoms with E-state index in [0.29, 0.717) is 5.75 Å². The fourth-order valence-electron chi connectivity index (χ4n) is 1.95. The predicted octanol–water partition coefficient (Wildman–Crippen LogP) is 1.06. The van der Waals surface area contributed by atoms with Crippen molar-refractivity contribution in [2.45, 2.75) is 37.5 Å². The molecular formula is C13H19N5OS. The maximum Gasteiger partial charge on any atom is 0.238 e. The summed E-state index contributed by atoms with van der Waals surface area (Å²) < 4.78 is 1.89.